The zero-order valence-corrected chi connectivity index (χ0v) is 15.3. The van der Waals surface area contributed by atoms with Crippen LogP contribution in [0.3, 0.4) is 0 Å². The van der Waals surface area contributed by atoms with Crippen LogP contribution in [0.1, 0.15) is 25.1 Å². The normalized spacial score (nSPS) is 11.4. The topological polar surface area (TPSA) is 70.4 Å². The van der Waals surface area contributed by atoms with Crippen molar-refractivity contribution in [1.29, 1.82) is 0 Å². The predicted molar refractivity (Wildman–Crippen MR) is 95.7 cm³/mol. The second-order valence-electron chi connectivity index (χ2n) is 6.01. The highest BCUT2D eigenvalue weighted by Crippen LogP contribution is 2.10. The summed E-state index contributed by atoms with van der Waals surface area (Å²) in [4.78, 5) is 0. The number of nitrogens with zero attached hydrogens (tertiary/aromatic N) is 3. The average molecular weight is 348 g/mol. The molecule has 25 heavy (non-hydrogen) atoms. The molecule has 2 aromatic rings. The number of aromatic nitrogens is 3. The molecule has 0 aliphatic carbocycles. The third-order valence-corrected chi connectivity index (χ3v) is 3.51. The maximum atomic E-state index is 5.53. The van der Waals surface area contributed by atoms with Crippen LogP contribution in [-0.4, -0.2) is 54.6 Å². The van der Waals surface area contributed by atoms with Gasteiger partial charge in [-0.1, -0.05) is 31.2 Å². The van der Waals surface area contributed by atoms with Gasteiger partial charge in [0.1, 0.15) is 5.69 Å². The second kappa shape index (κ2) is 10.9. The Kier molecular flexibility index (Phi) is 8.54. The second-order valence-corrected chi connectivity index (χ2v) is 6.01. The Labute approximate surface area is 149 Å². The molecular formula is C18H28N4O3. The van der Waals surface area contributed by atoms with Crippen LogP contribution < -0.4 is 5.32 Å². The van der Waals surface area contributed by atoms with Crippen LogP contribution >= 0.6 is 0 Å². The van der Waals surface area contributed by atoms with E-state index in [4.69, 9.17) is 14.2 Å². The molecule has 0 atom stereocenters. The molecule has 0 aliphatic heterocycles. The van der Waals surface area contributed by atoms with E-state index in [1.54, 1.807) is 11.8 Å². The molecule has 0 aliphatic rings. The molecule has 0 saturated carbocycles. The maximum Gasteiger partial charge on any atom is 0.109 e. The van der Waals surface area contributed by atoms with Gasteiger partial charge < -0.3 is 19.5 Å². The van der Waals surface area contributed by atoms with Crippen LogP contribution in [0.25, 0.3) is 5.69 Å². The summed E-state index contributed by atoms with van der Waals surface area (Å²) >= 11 is 0. The predicted octanol–water partition coefficient (Wildman–Crippen LogP) is 1.94. The van der Waals surface area contributed by atoms with Crippen molar-refractivity contribution in [3.8, 4) is 5.69 Å². The van der Waals surface area contributed by atoms with Crippen LogP contribution in [0.4, 0.5) is 0 Å². The molecule has 0 amide bonds. The average Bonchev–Trinajstić information content (AvgIpc) is 3.08. The minimum atomic E-state index is 0.421. The molecule has 0 saturated heterocycles. The van der Waals surface area contributed by atoms with E-state index in [1.165, 1.54) is 5.56 Å². The van der Waals surface area contributed by atoms with Gasteiger partial charge in [-0.3, -0.25) is 0 Å². The third kappa shape index (κ3) is 7.31. The quantitative estimate of drug-likeness (QED) is 0.591. The number of hydrogen-bond acceptors (Lipinski definition) is 6. The first-order chi connectivity index (χ1) is 12.2. The van der Waals surface area contributed by atoms with Crippen LogP contribution in [-0.2, 0) is 27.4 Å². The van der Waals surface area contributed by atoms with Crippen molar-refractivity contribution in [2.75, 3.05) is 33.5 Å². The van der Waals surface area contributed by atoms with Crippen molar-refractivity contribution < 1.29 is 14.2 Å². The van der Waals surface area contributed by atoms with Crippen molar-refractivity contribution in [2.24, 2.45) is 0 Å². The maximum absolute atomic E-state index is 5.53. The molecule has 138 valence electrons. The summed E-state index contributed by atoms with van der Waals surface area (Å²) in [6, 6.07) is 8.75. The summed E-state index contributed by atoms with van der Waals surface area (Å²) in [5, 5.41) is 11.7. The SMILES string of the molecule is COCCOCCOCc1cn(-c2ccc(CNC(C)C)cc2)nn1. The van der Waals surface area contributed by atoms with Crippen molar-refractivity contribution >= 4 is 0 Å². The third-order valence-electron chi connectivity index (χ3n) is 3.51. The molecule has 1 aromatic heterocycles. The molecule has 1 heterocycles. The highest BCUT2D eigenvalue weighted by molar-refractivity contribution is 5.33. The summed E-state index contributed by atoms with van der Waals surface area (Å²) in [7, 11) is 1.65. The molecule has 0 unspecified atom stereocenters. The van der Waals surface area contributed by atoms with E-state index in [0.717, 1.165) is 17.9 Å². The summed E-state index contributed by atoms with van der Waals surface area (Å²) < 4.78 is 17.5. The van der Waals surface area contributed by atoms with Crippen molar-refractivity contribution in [1.82, 2.24) is 20.3 Å². The van der Waals surface area contributed by atoms with E-state index in [1.807, 2.05) is 18.3 Å². The van der Waals surface area contributed by atoms with E-state index in [-0.39, 0.29) is 0 Å². The van der Waals surface area contributed by atoms with Gasteiger partial charge in [0, 0.05) is 19.7 Å². The Hall–Kier alpha value is -1.80. The van der Waals surface area contributed by atoms with Gasteiger partial charge in [-0.05, 0) is 17.7 Å². The fraction of sp³-hybridized carbons (Fsp3) is 0.556. The van der Waals surface area contributed by atoms with Crippen LogP contribution in [0.5, 0.6) is 0 Å². The standard InChI is InChI=1S/C18H28N4O3/c1-15(2)19-12-16-4-6-18(7-5-16)22-13-17(20-21-22)14-25-11-10-24-9-8-23-3/h4-7,13,15,19H,8-12,14H2,1-3H3. The fourth-order valence-corrected chi connectivity index (χ4v) is 2.12. The fourth-order valence-electron chi connectivity index (χ4n) is 2.12. The van der Waals surface area contributed by atoms with Crippen LogP contribution in [0.15, 0.2) is 30.5 Å². The minimum absolute atomic E-state index is 0.421. The Bertz CT molecular complexity index is 599. The lowest BCUT2D eigenvalue weighted by molar-refractivity contribution is 0.0192. The van der Waals surface area contributed by atoms with Crippen molar-refractivity contribution in [2.45, 2.75) is 33.0 Å². The first-order valence-corrected chi connectivity index (χ1v) is 8.57. The van der Waals surface area contributed by atoms with Gasteiger partial charge in [0.15, 0.2) is 0 Å². The van der Waals surface area contributed by atoms with E-state index in [9.17, 15) is 0 Å². The van der Waals surface area contributed by atoms with Gasteiger partial charge in [0.2, 0.25) is 0 Å². The molecule has 7 heteroatoms. The minimum Gasteiger partial charge on any atom is -0.382 e. The Balaban J connectivity index is 1.74. The molecule has 1 N–H and O–H groups in total. The molecule has 0 radical (unpaired) electrons. The van der Waals surface area contributed by atoms with E-state index >= 15 is 0 Å². The molecule has 0 fully saturated rings. The molecule has 0 bridgehead atoms. The number of methoxy groups -OCH3 is 1. The lowest BCUT2D eigenvalue weighted by Crippen LogP contribution is -2.21. The summed E-state index contributed by atoms with van der Waals surface area (Å²) in [6.07, 6.45) is 1.88. The van der Waals surface area contributed by atoms with E-state index in [0.29, 0.717) is 39.1 Å². The van der Waals surface area contributed by atoms with Crippen molar-refractivity contribution in [3.63, 3.8) is 0 Å². The highest BCUT2D eigenvalue weighted by Gasteiger charge is 2.04. The van der Waals surface area contributed by atoms with Gasteiger partial charge in [-0.15, -0.1) is 5.10 Å². The van der Waals surface area contributed by atoms with Gasteiger partial charge >= 0.3 is 0 Å². The first kappa shape index (κ1) is 19.5. The Morgan fingerprint density at radius 2 is 1.76 bits per heavy atom. The number of rotatable bonds is 12. The van der Waals surface area contributed by atoms with Crippen LogP contribution in [0, 0.1) is 0 Å². The molecule has 0 spiro atoms. The monoisotopic (exact) mass is 348 g/mol. The first-order valence-electron chi connectivity index (χ1n) is 8.57. The van der Waals surface area contributed by atoms with E-state index in [2.05, 4.69) is 41.6 Å². The Morgan fingerprint density at radius 1 is 1.04 bits per heavy atom. The molecule has 1 aromatic carbocycles. The van der Waals surface area contributed by atoms with Gasteiger partial charge in [-0.2, -0.15) is 0 Å². The molecule has 7 nitrogen and oxygen atoms in total. The zero-order valence-electron chi connectivity index (χ0n) is 15.3. The number of ether oxygens (including phenoxy) is 3. The Morgan fingerprint density at radius 3 is 2.48 bits per heavy atom. The highest BCUT2D eigenvalue weighted by atomic mass is 16.5. The number of nitrogens with one attached hydrogen (secondary N) is 1. The lowest BCUT2D eigenvalue weighted by atomic mass is 10.2. The largest absolute Gasteiger partial charge is 0.382 e. The molecular weight excluding hydrogens is 320 g/mol. The lowest BCUT2D eigenvalue weighted by Gasteiger charge is -2.08. The van der Waals surface area contributed by atoms with Gasteiger partial charge in [0.25, 0.3) is 0 Å². The van der Waals surface area contributed by atoms with Gasteiger partial charge in [0.05, 0.1) is 44.9 Å². The smallest absolute Gasteiger partial charge is 0.109 e. The number of benzene rings is 1. The zero-order chi connectivity index (χ0) is 17.9. The van der Waals surface area contributed by atoms with Crippen molar-refractivity contribution in [3.05, 3.63) is 41.7 Å². The number of hydrogen-bond donors (Lipinski definition) is 1. The summed E-state index contributed by atoms with van der Waals surface area (Å²) in [5.74, 6) is 0. The van der Waals surface area contributed by atoms with E-state index < -0.39 is 0 Å². The van der Waals surface area contributed by atoms with Gasteiger partial charge in [-0.25, -0.2) is 4.68 Å². The molecule has 2 rings (SSSR count). The summed E-state index contributed by atoms with van der Waals surface area (Å²) in [5.41, 5.74) is 3.02. The summed E-state index contributed by atoms with van der Waals surface area (Å²) in [6.45, 7) is 7.81. The van der Waals surface area contributed by atoms with Crippen LogP contribution in [0.2, 0.25) is 0 Å².